The van der Waals surface area contributed by atoms with Gasteiger partial charge < -0.3 is 9.80 Å². The Balaban J connectivity index is 1.75. The Labute approximate surface area is 125 Å². The normalized spacial score (nSPS) is 27.3. The number of piperidine rings is 1. The van der Waals surface area contributed by atoms with Crippen molar-refractivity contribution < 1.29 is 0 Å². The van der Waals surface area contributed by atoms with E-state index < -0.39 is 0 Å². The predicted octanol–water partition coefficient (Wildman–Crippen LogP) is 4.05. The molecule has 0 aromatic carbocycles. The highest BCUT2D eigenvalue weighted by atomic mass is 15.2. The maximum Gasteiger partial charge on any atom is 0.0360 e. The summed E-state index contributed by atoms with van der Waals surface area (Å²) < 4.78 is 0. The van der Waals surface area contributed by atoms with Crippen LogP contribution in [-0.2, 0) is 0 Å². The fourth-order valence-electron chi connectivity index (χ4n) is 3.48. The first-order valence-electron chi connectivity index (χ1n) is 8.41. The minimum atomic E-state index is 0.652. The molecule has 3 unspecified atom stereocenters. The summed E-state index contributed by atoms with van der Waals surface area (Å²) >= 11 is 0. The van der Waals surface area contributed by atoms with Gasteiger partial charge in [-0.25, -0.2) is 0 Å². The summed E-state index contributed by atoms with van der Waals surface area (Å²) in [6.07, 6.45) is 12.2. The lowest BCUT2D eigenvalue weighted by molar-refractivity contribution is 0.126. The molecule has 1 fully saturated rings. The van der Waals surface area contributed by atoms with E-state index in [0.29, 0.717) is 6.04 Å². The van der Waals surface area contributed by atoms with Gasteiger partial charge in [-0.3, -0.25) is 0 Å². The van der Waals surface area contributed by atoms with Crippen molar-refractivity contribution in [2.45, 2.75) is 65.5 Å². The van der Waals surface area contributed by atoms with Crippen LogP contribution in [0.4, 0.5) is 0 Å². The van der Waals surface area contributed by atoms with Crippen LogP contribution in [-0.4, -0.2) is 41.5 Å². The van der Waals surface area contributed by atoms with Crippen LogP contribution in [0.15, 0.2) is 23.9 Å². The van der Waals surface area contributed by atoms with Crippen molar-refractivity contribution in [2.24, 2.45) is 5.92 Å². The van der Waals surface area contributed by atoms with Gasteiger partial charge in [-0.05, 0) is 64.5 Å². The molecule has 2 aliphatic rings. The topological polar surface area (TPSA) is 6.48 Å². The monoisotopic (exact) mass is 276 g/mol. The SMILES string of the molecule is CC1=CN(C(C)CCC(C)N2CCCC(C)C2)CC=C1. The first kappa shape index (κ1) is 15.6. The summed E-state index contributed by atoms with van der Waals surface area (Å²) in [5.41, 5.74) is 1.38. The molecule has 0 amide bonds. The van der Waals surface area contributed by atoms with E-state index in [2.05, 4.69) is 55.8 Å². The van der Waals surface area contributed by atoms with Crippen LogP contribution in [0.3, 0.4) is 0 Å². The molecule has 0 radical (unpaired) electrons. The van der Waals surface area contributed by atoms with Gasteiger partial charge >= 0.3 is 0 Å². The van der Waals surface area contributed by atoms with E-state index in [1.165, 1.54) is 44.3 Å². The number of nitrogens with zero attached hydrogens (tertiary/aromatic N) is 2. The molecule has 0 spiro atoms. The predicted molar refractivity (Wildman–Crippen MR) is 87.7 cm³/mol. The van der Waals surface area contributed by atoms with Crippen LogP contribution in [0.25, 0.3) is 0 Å². The number of allylic oxidation sites excluding steroid dienone is 2. The van der Waals surface area contributed by atoms with Crippen LogP contribution >= 0.6 is 0 Å². The number of hydrogen-bond acceptors (Lipinski definition) is 2. The minimum Gasteiger partial charge on any atom is -0.371 e. The Bertz CT molecular complexity index is 358. The highest BCUT2D eigenvalue weighted by Gasteiger charge is 2.21. The Kier molecular flexibility index (Phi) is 5.71. The van der Waals surface area contributed by atoms with Gasteiger partial charge in [0.25, 0.3) is 0 Å². The number of rotatable bonds is 5. The summed E-state index contributed by atoms with van der Waals surface area (Å²) in [5.74, 6) is 0.890. The second-order valence-electron chi connectivity index (χ2n) is 6.99. The molecule has 2 heteroatoms. The molecular weight excluding hydrogens is 244 g/mol. The van der Waals surface area contributed by atoms with Crippen molar-refractivity contribution in [3.05, 3.63) is 23.9 Å². The van der Waals surface area contributed by atoms with E-state index in [1.54, 1.807) is 0 Å². The fraction of sp³-hybridized carbons (Fsp3) is 0.778. The van der Waals surface area contributed by atoms with Gasteiger partial charge in [-0.1, -0.05) is 19.1 Å². The van der Waals surface area contributed by atoms with Gasteiger partial charge in [0.1, 0.15) is 0 Å². The van der Waals surface area contributed by atoms with Crippen molar-refractivity contribution >= 4 is 0 Å². The average Bonchev–Trinajstić information content (AvgIpc) is 2.44. The smallest absolute Gasteiger partial charge is 0.0360 e. The second-order valence-corrected chi connectivity index (χ2v) is 6.99. The first-order chi connectivity index (χ1) is 9.56. The standard InChI is InChI=1S/C18H32N2/c1-15-7-5-11-19(13-15)17(3)9-10-18(4)20-12-6-8-16(2)14-20/h5,7,13,16-18H,6,8-12,14H2,1-4H3. The van der Waals surface area contributed by atoms with Crippen LogP contribution in [0.2, 0.25) is 0 Å². The summed E-state index contributed by atoms with van der Waals surface area (Å²) in [6.45, 7) is 13.1. The van der Waals surface area contributed by atoms with Crippen LogP contribution in [0, 0.1) is 5.92 Å². The Hall–Kier alpha value is -0.760. The van der Waals surface area contributed by atoms with Gasteiger partial charge in [0.2, 0.25) is 0 Å². The minimum absolute atomic E-state index is 0.652. The van der Waals surface area contributed by atoms with Gasteiger partial charge in [0, 0.05) is 31.4 Å². The summed E-state index contributed by atoms with van der Waals surface area (Å²) in [7, 11) is 0. The van der Waals surface area contributed by atoms with Crippen LogP contribution in [0.1, 0.15) is 53.4 Å². The van der Waals surface area contributed by atoms with E-state index in [1.807, 2.05) is 0 Å². The largest absolute Gasteiger partial charge is 0.371 e. The molecule has 2 rings (SSSR count). The third-order valence-electron chi connectivity index (χ3n) is 4.95. The zero-order valence-electron chi connectivity index (χ0n) is 13.8. The molecule has 2 nitrogen and oxygen atoms in total. The molecule has 20 heavy (non-hydrogen) atoms. The molecular formula is C18H32N2. The van der Waals surface area contributed by atoms with Crippen molar-refractivity contribution in [2.75, 3.05) is 19.6 Å². The van der Waals surface area contributed by atoms with Gasteiger partial charge in [0.15, 0.2) is 0 Å². The Morgan fingerprint density at radius 3 is 2.70 bits per heavy atom. The summed E-state index contributed by atoms with van der Waals surface area (Å²) in [4.78, 5) is 5.19. The van der Waals surface area contributed by atoms with Crippen LogP contribution in [0.5, 0.6) is 0 Å². The molecule has 3 atom stereocenters. The molecule has 0 bridgehead atoms. The molecule has 114 valence electrons. The molecule has 0 aromatic rings. The Morgan fingerprint density at radius 2 is 2.00 bits per heavy atom. The van der Waals surface area contributed by atoms with Gasteiger partial charge in [-0.15, -0.1) is 0 Å². The quantitative estimate of drug-likeness (QED) is 0.747. The third-order valence-corrected chi connectivity index (χ3v) is 4.95. The molecule has 1 saturated heterocycles. The highest BCUT2D eigenvalue weighted by Crippen LogP contribution is 2.21. The molecule has 0 aromatic heterocycles. The van der Waals surface area contributed by atoms with Gasteiger partial charge in [0.05, 0.1) is 0 Å². The van der Waals surface area contributed by atoms with Crippen LogP contribution < -0.4 is 0 Å². The molecule has 0 aliphatic carbocycles. The van der Waals surface area contributed by atoms with E-state index in [4.69, 9.17) is 0 Å². The van der Waals surface area contributed by atoms with Crippen molar-refractivity contribution in [1.82, 2.24) is 9.80 Å². The lowest BCUT2D eigenvalue weighted by atomic mass is 9.97. The van der Waals surface area contributed by atoms with E-state index in [0.717, 1.165) is 18.5 Å². The zero-order valence-corrected chi connectivity index (χ0v) is 13.8. The molecule has 2 aliphatic heterocycles. The maximum atomic E-state index is 2.71. The highest BCUT2D eigenvalue weighted by molar-refractivity contribution is 5.20. The lowest BCUT2D eigenvalue weighted by Crippen LogP contribution is -2.41. The van der Waals surface area contributed by atoms with Crippen molar-refractivity contribution in [3.8, 4) is 0 Å². The van der Waals surface area contributed by atoms with E-state index in [9.17, 15) is 0 Å². The molecule has 0 saturated carbocycles. The fourth-order valence-corrected chi connectivity index (χ4v) is 3.48. The average molecular weight is 276 g/mol. The zero-order chi connectivity index (χ0) is 14.5. The summed E-state index contributed by atoms with van der Waals surface area (Å²) in [6, 6.07) is 1.39. The van der Waals surface area contributed by atoms with E-state index in [-0.39, 0.29) is 0 Å². The van der Waals surface area contributed by atoms with Crippen molar-refractivity contribution in [3.63, 3.8) is 0 Å². The number of likely N-dealkylation sites (tertiary alicyclic amines) is 1. The Morgan fingerprint density at radius 1 is 1.25 bits per heavy atom. The lowest BCUT2D eigenvalue weighted by Gasteiger charge is -2.37. The van der Waals surface area contributed by atoms with E-state index >= 15 is 0 Å². The molecule has 0 N–H and O–H groups in total. The maximum absolute atomic E-state index is 2.71. The summed E-state index contributed by atoms with van der Waals surface area (Å²) in [5, 5.41) is 0. The molecule has 2 heterocycles. The van der Waals surface area contributed by atoms with Crippen molar-refractivity contribution in [1.29, 1.82) is 0 Å². The third kappa shape index (κ3) is 4.37. The van der Waals surface area contributed by atoms with Gasteiger partial charge in [-0.2, -0.15) is 0 Å². The second kappa shape index (κ2) is 7.31. The number of hydrogen-bond donors (Lipinski definition) is 0. The first-order valence-corrected chi connectivity index (χ1v) is 8.41.